The predicted octanol–water partition coefficient (Wildman–Crippen LogP) is 3.53. The number of rotatable bonds is 4. The summed E-state index contributed by atoms with van der Waals surface area (Å²) in [6.07, 6.45) is 7.28. The van der Waals surface area contributed by atoms with Crippen LogP contribution in [0.5, 0.6) is 0 Å². The van der Waals surface area contributed by atoms with Crippen LogP contribution in [0.2, 0.25) is 0 Å². The molecule has 2 saturated carbocycles. The highest BCUT2D eigenvalue weighted by molar-refractivity contribution is 6.16. The van der Waals surface area contributed by atoms with Crippen LogP contribution in [-0.2, 0) is 5.88 Å². The second-order valence-corrected chi connectivity index (χ2v) is 5.81. The molecule has 0 unspecified atom stereocenters. The Morgan fingerprint density at radius 3 is 2.61 bits per heavy atom. The first kappa shape index (κ1) is 10.8. The summed E-state index contributed by atoms with van der Waals surface area (Å²) in [5.41, 5.74) is 2.01. The minimum Gasteiger partial charge on any atom is -0.308 e. The molecule has 2 aliphatic carbocycles. The van der Waals surface area contributed by atoms with Crippen molar-refractivity contribution >= 4 is 22.8 Å². The number of aromatic nitrogens is 3. The zero-order valence-corrected chi connectivity index (χ0v) is 11.0. The minimum atomic E-state index is 0.478. The maximum atomic E-state index is 6.09. The third-order valence-electron chi connectivity index (χ3n) is 4.15. The van der Waals surface area contributed by atoms with Crippen molar-refractivity contribution in [2.24, 2.45) is 11.8 Å². The zero-order chi connectivity index (χ0) is 12.1. The van der Waals surface area contributed by atoms with Crippen molar-refractivity contribution in [3.63, 3.8) is 0 Å². The molecule has 0 bridgehead atoms. The Balaban J connectivity index is 1.90. The van der Waals surface area contributed by atoms with Gasteiger partial charge in [0.2, 0.25) is 0 Å². The van der Waals surface area contributed by atoms with Crippen LogP contribution in [0.25, 0.3) is 11.2 Å². The van der Waals surface area contributed by atoms with Crippen LogP contribution >= 0.6 is 11.6 Å². The Labute approximate surface area is 111 Å². The van der Waals surface area contributed by atoms with Crippen molar-refractivity contribution in [1.82, 2.24) is 14.5 Å². The average Bonchev–Trinajstić information content (AvgIpc) is 3.28. The number of alkyl halides is 1. The Morgan fingerprint density at radius 2 is 2.00 bits per heavy atom. The summed E-state index contributed by atoms with van der Waals surface area (Å²) >= 11 is 6.09. The quantitative estimate of drug-likeness (QED) is 0.789. The molecule has 0 radical (unpaired) electrons. The molecule has 0 N–H and O–H groups in total. The van der Waals surface area contributed by atoms with Crippen LogP contribution in [0, 0.1) is 11.8 Å². The average molecular weight is 262 g/mol. The molecule has 4 rings (SSSR count). The lowest BCUT2D eigenvalue weighted by Gasteiger charge is -2.20. The van der Waals surface area contributed by atoms with E-state index >= 15 is 0 Å². The van der Waals surface area contributed by atoms with Gasteiger partial charge >= 0.3 is 0 Å². The van der Waals surface area contributed by atoms with E-state index in [-0.39, 0.29) is 0 Å². The number of hydrogen-bond donors (Lipinski definition) is 0. The van der Waals surface area contributed by atoms with E-state index in [2.05, 4.69) is 14.5 Å². The second kappa shape index (κ2) is 3.95. The zero-order valence-electron chi connectivity index (χ0n) is 10.2. The monoisotopic (exact) mass is 261 g/mol. The van der Waals surface area contributed by atoms with Gasteiger partial charge in [0.1, 0.15) is 11.3 Å². The SMILES string of the molecule is ClCc1nc2cccnc2n1C(C1CC1)C1CC1. The topological polar surface area (TPSA) is 30.7 Å². The number of pyridine rings is 1. The molecule has 3 nitrogen and oxygen atoms in total. The molecule has 2 heterocycles. The molecule has 2 fully saturated rings. The smallest absolute Gasteiger partial charge is 0.160 e. The van der Waals surface area contributed by atoms with E-state index < -0.39 is 0 Å². The van der Waals surface area contributed by atoms with Crippen LogP contribution in [0.4, 0.5) is 0 Å². The summed E-state index contributed by atoms with van der Waals surface area (Å²) in [5, 5.41) is 0. The van der Waals surface area contributed by atoms with E-state index in [0.29, 0.717) is 11.9 Å². The highest BCUT2D eigenvalue weighted by Crippen LogP contribution is 2.53. The van der Waals surface area contributed by atoms with Crippen LogP contribution in [0.1, 0.15) is 37.5 Å². The number of imidazole rings is 1. The molecular formula is C14H16ClN3. The third-order valence-corrected chi connectivity index (χ3v) is 4.39. The molecule has 0 saturated heterocycles. The summed E-state index contributed by atoms with van der Waals surface area (Å²) in [5.74, 6) is 3.14. The molecule has 2 aliphatic rings. The largest absolute Gasteiger partial charge is 0.308 e. The normalized spacial score (nSPS) is 19.9. The van der Waals surface area contributed by atoms with Gasteiger partial charge < -0.3 is 4.57 Å². The van der Waals surface area contributed by atoms with Crippen molar-refractivity contribution in [2.75, 3.05) is 0 Å². The summed E-state index contributed by atoms with van der Waals surface area (Å²) in [6.45, 7) is 0. The summed E-state index contributed by atoms with van der Waals surface area (Å²) in [7, 11) is 0. The molecule has 4 heteroatoms. The van der Waals surface area contributed by atoms with Crippen molar-refractivity contribution in [2.45, 2.75) is 37.6 Å². The van der Waals surface area contributed by atoms with E-state index in [1.54, 1.807) is 0 Å². The van der Waals surface area contributed by atoms with E-state index in [9.17, 15) is 0 Å². The first-order valence-electron chi connectivity index (χ1n) is 6.76. The standard InChI is InChI=1S/C14H16ClN3/c15-8-12-17-11-2-1-7-16-14(11)18(12)13(9-3-4-9)10-5-6-10/h1-2,7,9-10,13H,3-6,8H2. The lowest BCUT2D eigenvalue weighted by atomic mass is 10.1. The first-order valence-corrected chi connectivity index (χ1v) is 7.29. The Hall–Kier alpha value is -1.09. The van der Waals surface area contributed by atoms with Crippen molar-refractivity contribution in [3.05, 3.63) is 24.2 Å². The van der Waals surface area contributed by atoms with Gasteiger partial charge in [-0.1, -0.05) is 0 Å². The van der Waals surface area contributed by atoms with Gasteiger partial charge in [-0.15, -0.1) is 11.6 Å². The molecule has 0 atom stereocenters. The van der Waals surface area contributed by atoms with Gasteiger partial charge in [0, 0.05) is 12.2 Å². The highest BCUT2D eigenvalue weighted by atomic mass is 35.5. The number of fused-ring (bicyclic) bond motifs is 1. The van der Waals surface area contributed by atoms with Crippen molar-refractivity contribution in [3.8, 4) is 0 Å². The summed E-state index contributed by atoms with van der Waals surface area (Å²) in [4.78, 5) is 9.17. The lowest BCUT2D eigenvalue weighted by Crippen LogP contribution is -2.16. The Bertz CT molecular complexity index is 572. The number of nitrogens with zero attached hydrogens (tertiary/aromatic N) is 3. The van der Waals surface area contributed by atoms with Gasteiger partial charge in [0.25, 0.3) is 0 Å². The molecular weight excluding hydrogens is 246 g/mol. The Morgan fingerprint density at radius 1 is 1.28 bits per heavy atom. The Kier molecular flexibility index (Phi) is 2.37. The van der Waals surface area contributed by atoms with Crippen LogP contribution in [-0.4, -0.2) is 14.5 Å². The maximum Gasteiger partial charge on any atom is 0.160 e. The molecule has 0 aliphatic heterocycles. The predicted molar refractivity (Wildman–Crippen MR) is 71.6 cm³/mol. The summed E-state index contributed by atoms with van der Waals surface area (Å²) in [6, 6.07) is 4.57. The van der Waals surface area contributed by atoms with Gasteiger partial charge in [-0.3, -0.25) is 0 Å². The van der Waals surface area contributed by atoms with Crippen molar-refractivity contribution < 1.29 is 0 Å². The fourth-order valence-electron chi connectivity index (χ4n) is 3.07. The highest BCUT2D eigenvalue weighted by Gasteiger charge is 2.44. The van der Waals surface area contributed by atoms with Gasteiger partial charge in [0.15, 0.2) is 5.65 Å². The molecule has 0 spiro atoms. The lowest BCUT2D eigenvalue weighted by molar-refractivity contribution is 0.394. The molecule has 18 heavy (non-hydrogen) atoms. The van der Waals surface area contributed by atoms with Crippen LogP contribution < -0.4 is 0 Å². The van der Waals surface area contributed by atoms with Gasteiger partial charge in [0.05, 0.1) is 5.88 Å². The van der Waals surface area contributed by atoms with Gasteiger partial charge in [-0.25, -0.2) is 9.97 Å². The van der Waals surface area contributed by atoms with Crippen LogP contribution in [0.3, 0.4) is 0 Å². The van der Waals surface area contributed by atoms with Crippen molar-refractivity contribution in [1.29, 1.82) is 0 Å². The van der Waals surface area contributed by atoms with E-state index in [4.69, 9.17) is 11.6 Å². The molecule has 2 aromatic rings. The van der Waals surface area contributed by atoms with Gasteiger partial charge in [-0.05, 0) is 49.7 Å². The molecule has 2 aromatic heterocycles. The number of halogens is 1. The molecule has 0 aromatic carbocycles. The maximum absolute atomic E-state index is 6.09. The third kappa shape index (κ3) is 1.64. The van der Waals surface area contributed by atoms with E-state index in [0.717, 1.165) is 28.8 Å². The van der Waals surface area contributed by atoms with Crippen LogP contribution in [0.15, 0.2) is 18.3 Å². The van der Waals surface area contributed by atoms with E-state index in [1.165, 1.54) is 25.7 Å². The first-order chi connectivity index (χ1) is 8.88. The minimum absolute atomic E-state index is 0.478. The molecule has 0 amide bonds. The fourth-order valence-corrected chi connectivity index (χ4v) is 3.25. The van der Waals surface area contributed by atoms with E-state index in [1.807, 2.05) is 18.3 Å². The number of hydrogen-bond acceptors (Lipinski definition) is 2. The second-order valence-electron chi connectivity index (χ2n) is 5.54. The molecule has 94 valence electrons. The fraction of sp³-hybridized carbons (Fsp3) is 0.571. The summed E-state index contributed by atoms with van der Waals surface area (Å²) < 4.78 is 2.34. The van der Waals surface area contributed by atoms with Gasteiger partial charge in [-0.2, -0.15) is 0 Å².